The van der Waals surface area contributed by atoms with E-state index in [1.165, 1.54) is 4.31 Å². The van der Waals surface area contributed by atoms with Crippen molar-refractivity contribution in [3.05, 3.63) is 58.3 Å². The highest BCUT2D eigenvalue weighted by Gasteiger charge is 2.30. The third-order valence-corrected chi connectivity index (χ3v) is 5.44. The van der Waals surface area contributed by atoms with Gasteiger partial charge in [0.05, 0.1) is 17.1 Å². The molecule has 0 saturated carbocycles. The molecule has 0 unspecified atom stereocenters. The number of fused-ring (bicyclic) bond motifs is 1. The van der Waals surface area contributed by atoms with E-state index >= 15 is 0 Å². The number of hydrogen-bond donors (Lipinski definition) is 0. The van der Waals surface area contributed by atoms with Gasteiger partial charge in [-0.15, -0.1) is 0 Å². The molecule has 0 amide bonds. The molecule has 2 heterocycles. The van der Waals surface area contributed by atoms with Crippen molar-refractivity contribution >= 4 is 26.0 Å². The van der Waals surface area contributed by atoms with E-state index in [0.29, 0.717) is 18.0 Å². The fourth-order valence-corrected chi connectivity index (χ4v) is 3.74. The third-order valence-electron chi connectivity index (χ3n) is 3.11. The summed E-state index contributed by atoms with van der Waals surface area (Å²) in [5.74, 6) is 0. The number of pyridine rings is 1. The van der Waals surface area contributed by atoms with Crippen LogP contribution in [-0.4, -0.2) is 17.7 Å². The first-order valence-corrected chi connectivity index (χ1v) is 7.99. The van der Waals surface area contributed by atoms with Crippen molar-refractivity contribution in [2.75, 3.05) is 0 Å². The number of sulfonamides is 1. The fourth-order valence-electron chi connectivity index (χ4n) is 2.10. The predicted molar refractivity (Wildman–Crippen MR) is 74.8 cm³/mol. The molecule has 98 valence electrons. The predicted octanol–water partition coefficient (Wildman–Crippen LogP) is 2.55. The van der Waals surface area contributed by atoms with E-state index in [1.54, 1.807) is 30.5 Å². The summed E-state index contributed by atoms with van der Waals surface area (Å²) >= 11 is 3.30. The summed E-state index contributed by atoms with van der Waals surface area (Å²) in [6.07, 6.45) is 1.69. The second-order valence-corrected chi connectivity index (χ2v) is 7.19. The summed E-state index contributed by atoms with van der Waals surface area (Å²) in [6.45, 7) is 0.732. The summed E-state index contributed by atoms with van der Waals surface area (Å²) in [5, 5.41) is 0. The third kappa shape index (κ3) is 2.31. The molecular formula is C13H11BrN2O2S. The van der Waals surface area contributed by atoms with E-state index in [2.05, 4.69) is 20.9 Å². The van der Waals surface area contributed by atoms with Crippen molar-refractivity contribution in [2.24, 2.45) is 0 Å². The van der Waals surface area contributed by atoms with Crippen molar-refractivity contribution < 1.29 is 8.42 Å². The second kappa shape index (κ2) is 4.70. The summed E-state index contributed by atoms with van der Waals surface area (Å²) in [7, 11) is -3.45. The smallest absolute Gasteiger partial charge is 0.243 e. The molecule has 3 rings (SSSR count). The van der Waals surface area contributed by atoms with Crippen LogP contribution in [0.2, 0.25) is 0 Å². The first kappa shape index (κ1) is 12.8. The Kier molecular flexibility index (Phi) is 3.16. The van der Waals surface area contributed by atoms with E-state index < -0.39 is 10.0 Å². The van der Waals surface area contributed by atoms with Crippen LogP contribution in [0, 0.1) is 0 Å². The molecule has 19 heavy (non-hydrogen) atoms. The van der Waals surface area contributed by atoms with Gasteiger partial charge in [-0.1, -0.05) is 22.0 Å². The minimum Gasteiger partial charge on any atom is -0.260 e. The van der Waals surface area contributed by atoms with Gasteiger partial charge in [0, 0.05) is 17.2 Å². The van der Waals surface area contributed by atoms with Gasteiger partial charge in [0.15, 0.2) is 0 Å². The Bertz CT molecular complexity index is 689. The first-order valence-electron chi connectivity index (χ1n) is 5.76. The summed E-state index contributed by atoms with van der Waals surface area (Å²) < 4.78 is 27.3. The van der Waals surface area contributed by atoms with Gasteiger partial charge in [0.25, 0.3) is 0 Å². The molecule has 0 bridgehead atoms. The van der Waals surface area contributed by atoms with Gasteiger partial charge >= 0.3 is 0 Å². The Morgan fingerprint density at radius 2 is 1.84 bits per heavy atom. The zero-order valence-corrected chi connectivity index (χ0v) is 12.4. The van der Waals surface area contributed by atoms with Crippen molar-refractivity contribution in [3.63, 3.8) is 0 Å². The van der Waals surface area contributed by atoms with Crippen LogP contribution < -0.4 is 0 Å². The van der Waals surface area contributed by atoms with Gasteiger partial charge in [0.2, 0.25) is 10.0 Å². The maximum atomic E-state index is 12.5. The van der Waals surface area contributed by atoms with Gasteiger partial charge in [-0.2, -0.15) is 4.31 Å². The zero-order valence-electron chi connectivity index (χ0n) is 9.95. The van der Waals surface area contributed by atoms with Gasteiger partial charge in [0.1, 0.15) is 0 Å². The zero-order chi connectivity index (χ0) is 13.5. The molecule has 0 aliphatic carbocycles. The Balaban J connectivity index is 1.94. The Morgan fingerprint density at radius 1 is 1.11 bits per heavy atom. The van der Waals surface area contributed by atoms with Crippen molar-refractivity contribution in [1.29, 1.82) is 0 Å². The monoisotopic (exact) mass is 338 g/mol. The number of halogens is 1. The van der Waals surface area contributed by atoms with Crippen molar-refractivity contribution in [1.82, 2.24) is 9.29 Å². The lowest BCUT2D eigenvalue weighted by molar-refractivity contribution is 0.430. The molecule has 0 saturated heterocycles. The average Bonchev–Trinajstić information content (AvgIpc) is 2.83. The molecule has 0 spiro atoms. The normalized spacial score (nSPS) is 15.4. The van der Waals surface area contributed by atoms with Crippen LogP contribution >= 0.6 is 15.9 Å². The van der Waals surface area contributed by atoms with Crippen LogP contribution in [-0.2, 0) is 23.1 Å². The number of nitrogens with zero attached hydrogens (tertiary/aromatic N) is 2. The maximum absolute atomic E-state index is 12.5. The lowest BCUT2D eigenvalue weighted by Gasteiger charge is -2.15. The van der Waals surface area contributed by atoms with Crippen molar-refractivity contribution in [2.45, 2.75) is 18.0 Å². The summed E-state index contributed by atoms with van der Waals surface area (Å²) in [6, 6.07) is 10.4. The van der Waals surface area contributed by atoms with Crippen LogP contribution in [0.4, 0.5) is 0 Å². The highest BCUT2D eigenvalue weighted by Crippen LogP contribution is 2.27. The number of aromatic nitrogens is 1. The lowest BCUT2D eigenvalue weighted by atomic mass is 10.2. The minimum atomic E-state index is -3.45. The fraction of sp³-hybridized carbons (Fsp3) is 0.154. The van der Waals surface area contributed by atoms with Crippen LogP contribution in [0.1, 0.15) is 11.3 Å². The molecule has 2 aromatic rings. The topological polar surface area (TPSA) is 50.3 Å². The maximum Gasteiger partial charge on any atom is 0.243 e. The molecule has 6 heteroatoms. The Labute approximate surface area is 120 Å². The lowest BCUT2D eigenvalue weighted by Crippen LogP contribution is -2.25. The van der Waals surface area contributed by atoms with E-state index in [9.17, 15) is 8.42 Å². The Morgan fingerprint density at radius 3 is 2.53 bits per heavy atom. The number of rotatable bonds is 2. The largest absolute Gasteiger partial charge is 0.260 e. The van der Waals surface area contributed by atoms with E-state index in [0.717, 1.165) is 15.7 Å². The van der Waals surface area contributed by atoms with E-state index in [1.807, 2.05) is 12.1 Å². The molecule has 1 aliphatic heterocycles. The van der Waals surface area contributed by atoms with E-state index in [-0.39, 0.29) is 0 Å². The average molecular weight is 339 g/mol. The minimum absolute atomic E-state index is 0.309. The molecule has 0 fully saturated rings. The van der Waals surface area contributed by atoms with Gasteiger partial charge in [-0.25, -0.2) is 8.42 Å². The molecule has 1 aromatic heterocycles. The van der Waals surface area contributed by atoms with Gasteiger partial charge in [-0.3, -0.25) is 4.98 Å². The summed E-state index contributed by atoms with van der Waals surface area (Å²) in [4.78, 5) is 4.53. The molecular weight excluding hydrogens is 328 g/mol. The van der Waals surface area contributed by atoms with Crippen LogP contribution in [0.25, 0.3) is 0 Å². The molecule has 0 radical (unpaired) electrons. The number of benzene rings is 1. The quantitative estimate of drug-likeness (QED) is 0.845. The molecule has 1 aliphatic rings. The van der Waals surface area contributed by atoms with Crippen LogP contribution in [0.3, 0.4) is 0 Å². The molecule has 0 N–H and O–H groups in total. The SMILES string of the molecule is O=S(=O)(c1ccc(Br)cc1)N1Cc2cccnc2C1. The molecule has 1 aromatic carbocycles. The highest BCUT2D eigenvalue weighted by molar-refractivity contribution is 9.10. The molecule has 0 atom stereocenters. The van der Waals surface area contributed by atoms with Crippen LogP contribution in [0.15, 0.2) is 52.0 Å². The standard InChI is InChI=1S/C13H11BrN2O2S/c14-11-3-5-12(6-4-11)19(17,18)16-8-10-2-1-7-15-13(10)9-16/h1-7H,8-9H2. The second-order valence-electron chi connectivity index (χ2n) is 4.34. The van der Waals surface area contributed by atoms with Gasteiger partial charge < -0.3 is 0 Å². The summed E-state index contributed by atoms with van der Waals surface area (Å²) in [5.41, 5.74) is 1.81. The first-order chi connectivity index (χ1) is 9.07. The van der Waals surface area contributed by atoms with Crippen molar-refractivity contribution in [3.8, 4) is 0 Å². The molecule has 4 nitrogen and oxygen atoms in total. The van der Waals surface area contributed by atoms with Gasteiger partial charge in [-0.05, 0) is 35.9 Å². The Hall–Kier alpha value is -1.24. The number of hydrogen-bond acceptors (Lipinski definition) is 3. The highest BCUT2D eigenvalue weighted by atomic mass is 79.9. The van der Waals surface area contributed by atoms with Crippen LogP contribution in [0.5, 0.6) is 0 Å². The van der Waals surface area contributed by atoms with E-state index in [4.69, 9.17) is 0 Å².